The molecule has 1 heterocycles. The molecule has 0 saturated heterocycles. The molecule has 0 bridgehead atoms. The van der Waals surface area contributed by atoms with E-state index in [9.17, 15) is 26.7 Å². The van der Waals surface area contributed by atoms with E-state index < -0.39 is 35.9 Å². The first-order valence-electron chi connectivity index (χ1n) is 7.44. The monoisotopic (exact) mass is 374 g/mol. The van der Waals surface area contributed by atoms with Gasteiger partial charge >= 0.3 is 6.18 Å². The molecular formula is C16H15F5N4O. The molecule has 0 saturated carbocycles. The fraction of sp³-hybridized carbons (Fsp3) is 0.312. The highest BCUT2D eigenvalue weighted by molar-refractivity contribution is 6.02. The van der Waals surface area contributed by atoms with Gasteiger partial charge in [-0.15, -0.1) is 0 Å². The predicted octanol–water partition coefficient (Wildman–Crippen LogP) is 3.73. The van der Waals surface area contributed by atoms with E-state index >= 15 is 0 Å². The van der Waals surface area contributed by atoms with Gasteiger partial charge in [-0.1, -0.05) is 12.1 Å². The zero-order valence-corrected chi connectivity index (χ0v) is 13.5. The van der Waals surface area contributed by atoms with Crippen molar-refractivity contribution in [2.75, 3.05) is 5.32 Å². The highest BCUT2D eigenvalue weighted by Crippen LogP contribution is 2.29. The number of aromatic nitrogens is 2. The van der Waals surface area contributed by atoms with Crippen molar-refractivity contribution < 1.29 is 22.0 Å². The highest BCUT2D eigenvalue weighted by atomic mass is 19.4. The summed E-state index contributed by atoms with van der Waals surface area (Å²) in [6.45, 7) is 1.48. The first kappa shape index (κ1) is 19.5. The predicted molar refractivity (Wildman–Crippen MR) is 85.8 cm³/mol. The molecule has 140 valence electrons. The molecule has 0 atom stereocenters. The molecule has 1 aromatic carbocycles. The third-order valence-electron chi connectivity index (χ3n) is 3.44. The second-order valence-corrected chi connectivity index (χ2v) is 5.50. The number of H-pyrrole nitrogens is 1. The Bertz CT molecular complexity index is 843. The number of hydrogen-bond acceptors (Lipinski definition) is 4. The van der Waals surface area contributed by atoms with Gasteiger partial charge in [-0.05, 0) is 24.6 Å². The summed E-state index contributed by atoms with van der Waals surface area (Å²) in [6.07, 6.45) is -8.16. The van der Waals surface area contributed by atoms with Crippen LogP contribution in [0.15, 0.2) is 29.1 Å². The summed E-state index contributed by atoms with van der Waals surface area (Å²) in [5.41, 5.74) is -1.97. The number of nitrogens with zero attached hydrogens (tertiary/aromatic N) is 1. The van der Waals surface area contributed by atoms with Gasteiger partial charge in [0.05, 0.1) is 17.7 Å². The van der Waals surface area contributed by atoms with Gasteiger partial charge in [0.25, 0.3) is 5.56 Å². The fourth-order valence-corrected chi connectivity index (χ4v) is 2.25. The Balaban J connectivity index is 2.23. The van der Waals surface area contributed by atoms with Crippen LogP contribution in [0.25, 0.3) is 0 Å². The van der Waals surface area contributed by atoms with Crippen LogP contribution >= 0.6 is 0 Å². The van der Waals surface area contributed by atoms with Crippen molar-refractivity contribution in [1.29, 1.82) is 5.41 Å². The smallest absolute Gasteiger partial charge is 0.365 e. The Morgan fingerprint density at radius 3 is 2.42 bits per heavy atom. The van der Waals surface area contributed by atoms with Gasteiger partial charge in [0.15, 0.2) is 0 Å². The lowest BCUT2D eigenvalue weighted by Crippen LogP contribution is -2.24. The lowest BCUT2D eigenvalue weighted by atomic mass is 10.1. The lowest BCUT2D eigenvalue weighted by Gasteiger charge is -2.13. The number of anilines is 1. The molecule has 5 nitrogen and oxygen atoms in total. The molecule has 0 aliphatic rings. The number of rotatable bonds is 6. The zero-order valence-electron chi connectivity index (χ0n) is 13.5. The van der Waals surface area contributed by atoms with Gasteiger partial charge in [0.2, 0.25) is 6.43 Å². The summed E-state index contributed by atoms with van der Waals surface area (Å²) >= 11 is 0. The van der Waals surface area contributed by atoms with Crippen molar-refractivity contribution in [1.82, 2.24) is 9.97 Å². The van der Waals surface area contributed by atoms with Crippen LogP contribution in [-0.2, 0) is 12.7 Å². The van der Waals surface area contributed by atoms with Crippen molar-refractivity contribution in [3.05, 3.63) is 57.1 Å². The quantitative estimate of drug-likeness (QED) is 0.532. The van der Waals surface area contributed by atoms with E-state index in [0.717, 1.165) is 12.1 Å². The molecule has 0 unspecified atom stereocenters. The van der Waals surface area contributed by atoms with Crippen molar-refractivity contribution >= 4 is 11.5 Å². The summed E-state index contributed by atoms with van der Waals surface area (Å²) < 4.78 is 62.7. The second kappa shape index (κ2) is 7.63. The normalized spacial score (nSPS) is 11.7. The molecule has 3 N–H and O–H groups in total. The lowest BCUT2D eigenvalue weighted by molar-refractivity contribution is -0.137. The summed E-state index contributed by atoms with van der Waals surface area (Å²) in [7, 11) is 0. The highest BCUT2D eigenvalue weighted by Gasteiger charge is 2.29. The van der Waals surface area contributed by atoms with Crippen LogP contribution in [0.4, 0.5) is 27.8 Å². The van der Waals surface area contributed by atoms with Crippen LogP contribution in [0.3, 0.4) is 0 Å². The summed E-state index contributed by atoms with van der Waals surface area (Å²) in [5, 5.41) is 10.4. The van der Waals surface area contributed by atoms with E-state index in [-0.39, 0.29) is 23.8 Å². The molecule has 0 amide bonds. The zero-order chi connectivity index (χ0) is 19.5. The molecule has 0 aliphatic carbocycles. The van der Waals surface area contributed by atoms with E-state index in [1.54, 1.807) is 0 Å². The van der Waals surface area contributed by atoms with E-state index in [2.05, 4.69) is 15.3 Å². The van der Waals surface area contributed by atoms with Gasteiger partial charge in [-0.25, -0.2) is 13.8 Å². The maximum absolute atomic E-state index is 12.6. The molecule has 0 aliphatic heterocycles. The minimum atomic E-state index is -4.45. The van der Waals surface area contributed by atoms with Crippen LogP contribution in [0.2, 0.25) is 0 Å². The van der Waals surface area contributed by atoms with E-state index in [0.29, 0.717) is 5.56 Å². The number of aryl methyl sites for hydroxylation is 1. The third kappa shape index (κ3) is 4.87. The average molecular weight is 374 g/mol. The van der Waals surface area contributed by atoms with Crippen LogP contribution in [0.5, 0.6) is 0 Å². The van der Waals surface area contributed by atoms with Crippen LogP contribution in [-0.4, -0.2) is 22.1 Å². The summed E-state index contributed by atoms with van der Waals surface area (Å²) in [5.74, 6) is 0.135. The maximum Gasteiger partial charge on any atom is 0.416 e. The minimum absolute atomic E-state index is 0.00297. The molecule has 2 rings (SSSR count). The van der Waals surface area contributed by atoms with E-state index in [1.165, 1.54) is 19.1 Å². The molecule has 2 aromatic rings. The van der Waals surface area contributed by atoms with Crippen molar-refractivity contribution in [2.24, 2.45) is 0 Å². The van der Waals surface area contributed by atoms with Gasteiger partial charge in [0.1, 0.15) is 17.2 Å². The van der Waals surface area contributed by atoms with E-state index in [1.807, 2.05) is 0 Å². The number of halogens is 5. The molecule has 0 spiro atoms. The van der Waals surface area contributed by atoms with Gasteiger partial charge in [-0.3, -0.25) is 4.79 Å². The van der Waals surface area contributed by atoms with Gasteiger partial charge in [0, 0.05) is 6.54 Å². The Morgan fingerprint density at radius 2 is 1.88 bits per heavy atom. The molecular weight excluding hydrogens is 359 g/mol. The first-order chi connectivity index (χ1) is 12.1. The van der Waals surface area contributed by atoms with Gasteiger partial charge < -0.3 is 15.7 Å². The minimum Gasteiger partial charge on any atom is -0.365 e. The number of aromatic amines is 1. The van der Waals surface area contributed by atoms with Crippen LogP contribution in [0, 0.1) is 12.3 Å². The third-order valence-corrected chi connectivity index (χ3v) is 3.44. The van der Waals surface area contributed by atoms with Crippen molar-refractivity contribution in [2.45, 2.75) is 32.5 Å². The fourth-order valence-electron chi connectivity index (χ4n) is 2.25. The maximum atomic E-state index is 12.6. The number of alkyl halides is 5. The Hall–Kier alpha value is -2.78. The largest absolute Gasteiger partial charge is 0.416 e. The summed E-state index contributed by atoms with van der Waals surface area (Å²) in [4.78, 5) is 18.3. The number of hydrogen-bond donors (Lipinski definition) is 3. The average Bonchev–Trinajstić information content (AvgIpc) is 2.51. The summed E-state index contributed by atoms with van der Waals surface area (Å²) in [6, 6.07) is 4.32. The van der Waals surface area contributed by atoms with Crippen molar-refractivity contribution in [3.8, 4) is 0 Å². The topological polar surface area (TPSA) is 81.6 Å². The van der Waals surface area contributed by atoms with Crippen LogP contribution in [0.1, 0.15) is 28.9 Å². The Morgan fingerprint density at radius 1 is 1.27 bits per heavy atom. The standard InChI is InChI=1S/C16H15F5N4O/c1-8-24-14(13(15(26)25-8)11(22)6-12(17)18)23-7-9-2-4-10(5-3-9)16(19,20)21/h2-5,12,22H,6-7H2,1H3,(H2,23,24,25,26). The molecule has 0 fully saturated rings. The second-order valence-electron chi connectivity index (χ2n) is 5.50. The van der Waals surface area contributed by atoms with Crippen LogP contribution < -0.4 is 10.9 Å². The number of benzene rings is 1. The molecule has 0 radical (unpaired) electrons. The van der Waals surface area contributed by atoms with Crippen molar-refractivity contribution in [3.63, 3.8) is 0 Å². The molecule has 26 heavy (non-hydrogen) atoms. The SMILES string of the molecule is Cc1nc(NCc2ccc(C(F)(F)F)cc2)c(C(=N)CC(F)F)c(=O)[nH]1. The Labute approximate surface area is 144 Å². The number of nitrogens with one attached hydrogen (secondary N) is 3. The molecule has 1 aromatic heterocycles. The molecule has 10 heteroatoms. The Kier molecular flexibility index (Phi) is 5.73. The van der Waals surface area contributed by atoms with E-state index in [4.69, 9.17) is 5.41 Å². The first-order valence-corrected chi connectivity index (χ1v) is 7.44. The van der Waals surface area contributed by atoms with Gasteiger partial charge in [-0.2, -0.15) is 13.2 Å².